The van der Waals surface area contributed by atoms with Gasteiger partial charge in [0.1, 0.15) is 11.5 Å². The van der Waals surface area contributed by atoms with Gasteiger partial charge in [-0.1, -0.05) is 29.8 Å². The normalized spacial score (nSPS) is 10.6. The standard InChI is InChI=1S/C23H20N2O4/c1-16-6-8-18(9-7-16)22(26)25-24-15-17-4-3-5-21(14-17)29-23(27)19-10-12-20(28-2)13-11-19/h3-15H,1-2H3,(H,25,26)/b24-15+. The predicted octanol–water partition coefficient (Wildman–Crippen LogP) is 3.99. The van der Waals surface area contributed by atoms with E-state index in [2.05, 4.69) is 10.5 Å². The molecule has 29 heavy (non-hydrogen) atoms. The number of methoxy groups -OCH3 is 1. The summed E-state index contributed by atoms with van der Waals surface area (Å²) in [6.45, 7) is 1.95. The average Bonchev–Trinajstić information content (AvgIpc) is 2.74. The molecule has 3 rings (SSSR count). The zero-order valence-electron chi connectivity index (χ0n) is 16.1. The molecule has 0 aliphatic carbocycles. The highest BCUT2D eigenvalue weighted by Gasteiger charge is 2.09. The first kappa shape index (κ1) is 19.8. The van der Waals surface area contributed by atoms with Crippen molar-refractivity contribution in [2.24, 2.45) is 5.10 Å². The molecule has 0 bridgehead atoms. The first-order chi connectivity index (χ1) is 14.0. The maximum Gasteiger partial charge on any atom is 0.343 e. The molecule has 3 aromatic rings. The van der Waals surface area contributed by atoms with E-state index in [1.165, 1.54) is 6.21 Å². The number of amides is 1. The Hall–Kier alpha value is -3.93. The summed E-state index contributed by atoms with van der Waals surface area (Å²) < 4.78 is 10.5. The van der Waals surface area contributed by atoms with Crippen LogP contribution >= 0.6 is 0 Å². The third kappa shape index (κ3) is 5.52. The predicted molar refractivity (Wildman–Crippen MR) is 111 cm³/mol. The minimum absolute atomic E-state index is 0.302. The van der Waals surface area contributed by atoms with E-state index in [-0.39, 0.29) is 5.91 Å². The molecule has 0 fully saturated rings. The van der Waals surface area contributed by atoms with Gasteiger partial charge < -0.3 is 9.47 Å². The lowest BCUT2D eigenvalue weighted by atomic mass is 10.1. The van der Waals surface area contributed by atoms with Crippen molar-refractivity contribution in [1.82, 2.24) is 5.43 Å². The van der Waals surface area contributed by atoms with Gasteiger partial charge >= 0.3 is 5.97 Å². The minimum Gasteiger partial charge on any atom is -0.497 e. The number of ether oxygens (including phenoxy) is 2. The summed E-state index contributed by atoms with van der Waals surface area (Å²) in [6.07, 6.45) is 1.48. The van der Waals surface area contributed by atoms with E-state index < -0.39 is 5.97 Å². The number of nitrogens with zero attached hydrogens (tertiary/aromatic N) is 1. The zero-order chi connectivity index (χ0) is 20.6. The Kier molecular flexibility index (Phi) is 6.37. The highest BCUT2D eigenvalue weighted by atomic mass is 16.5. The van der Waals surface area contributed by atoms with Crippen LogP contribution in [0.25, 0.3) is 0 Å². The Morgan fingerprint density at radius 1 is 0.897 bits per heavy atom. The van der Waals surface area contributed by atoms with Gasteiger partial charge in [0.2, 0.25) is 0 Å². The van der Waals surface area contributed by atoms with Gasteiger partial charge in [0.05, 0.1) is 18.9 Å². The summed E-state index contributed by atoms with van der Waals surface area (Å²) in [5.41, 5.74) is 5.16. The van der Waals surface area contributed by atoms with Gasteiger partial charge in [0, 0.05) is 5.56 Å². The third-order valence-corrected chi connectivity index (χ3v) is 4.09. The van der Waals surface area contributed by atoms with Crippen LogP contribution in [-0.2, 0) is 0 Å². The summed E-state index contributed by atoms with van der Waals surface area (Å²) in [6, 6.07) is 20.7. The first-order valence-electron chi connectivity index (χ1n) is 8.91. The molecule has 0 spiro atoms. The lowest BCUT2D eigenvalue weighted by Crippen LogP contribution is -2.17. The molecule has 1 N–H and O–H groups in total. The van der Waals surface area contributed by atoms with Gasteiger partial charge in [-0.15, -0.1) is 0 Å². The van der Waals surface area contributed by atoms with Crippen molar-refractivity contribution in [2.75, 3.05) is 7.11 Å². The van der Waals surface area contributed by atoms with E-state index in [1.807, 2.05) is 19.1 Å². The van der Waals surface area contributed by atoms with Crippen molar-refractivity contribution in [1.29, 1.82) is 0 Å². The molecule has 0 aliphatic heterocycles. The van der Waals surface area contributed by atoms with Gasteiger partial charge in [-0.3, -0.25) is 4.79 Å². The summed E-state index contributed by atoms with van der Waals surface area (Å²) in [4.78, 5) is 24.3. The molecule has 146 valence electrons. The fraction of sp³-hybridized carbons (Fsp3) is 0.0870. The Labute approximate surface area is 168 Å². The number of nitrogens with one attached hydrogen (secondary N) is 1. The Balaban J connectivity index is 1.61. The smallest absolute Gasteiger partial charge is 0.343 e. The Morgan fingerprint density at radius 3 is 2.28 bits per heavy atom. The average molecular weight is 388 g/mol. The first-order valence-corrected chi connectivity index (χ1v) is 8.91. The lowest BCUT2D eigenvalue weighted by molar-refractivity contribution is 0.0734. The molecule has 0 aromatic heterocycles. The molecule has 0 radical (unpaired) electrons. The SMILES string of the molecule is COc1ccc(C(=O)Oc2cccc(/C=N/NC(=O)c3ccc(C)cc3)c2)cc1. The topological polar surface area (TPSA) is 77.0 Å². The number of aryl methyl sites for hydroxylation is 1. The molecular weight excluding hydrogens is 368 g/mol. The van der Waals surface area contributed by atoms with Crippen LogP contribution in [0.3, 0.4) is 0 Å². The van der Waals surface area contributed by atoms with Crippen molar-refractivity contribution in [3.63, 3.8) is 0 Å². The molecule has 3 aromatic carbocycles. The van der Waals surface area contributed by atoms with E-state index in [0.717, 1.165) is 5.56 Å². The number of rotatable bonds is 6. The molecule has 0 unspecified atom stereocenters. The molecule has 6 heteroatoms. The van der Waals surface area contributed by atoms with Crippen molar-refractivity contribution in [3.05, 3.63) is 95.1 Å². The maximum atomic E-state index is 12.3. The van der Waals surface area contributed by atoms with Crippen LogP contribution in [0.5, 0.6) is 11.5 Å². The summed E-state index contributed by atoms with van der Waals surface area (Å²) >= 11 is 0. The molecule has 0 saturated carbocycles. The van der Waals surface area contributed by atoms with Gasteiger partial charge in [-0.25, -0.2) is 10.2 Å². The highest BCUT2D eigenvalue weighted by Crippen LogP contribution is 2.16. The zero-order valence-corrected chi connectivity index (χ0v) is 16.1. The largest absolute Gasteiger partial charge is 0.497 e. The molecule has 0 atom stereocenters. The van der Waals surface area contributed by atoms with Crippen LogP contribution in [-0.4, -0.2) is 25.2 Å². The van der Waals surface area contributed by atoms with E-state index >= 15 is 0 Å². The third-order valence-electron chi connectivity index (χ3n) is 4.09. The quantitative estimate of drug-likeness (QED) is 0.300. The summed E-state index contributed by atoms with van der Waals surface area (Å²) in [5, 5.41) is 3.96. The lowest BCUT2D eigenvalue weighted by Gasteiger charge is -2.06. The van der Waals surface area contributed by atoms with Crippen molar-refractivity contribution >= 4 is 18.1 Å². The van der Waals surface area contributed by atoms with Crippen molar-refractivity contribution in [3.8, 4) is 11.5 Å². The number of hydrogen-bond donors (Lipinski definition) is 1. The maximum absolute atomic E-state index is 12.3. The summed E-state index contributed by atoms with van der Waals surface area (Å²) in [7, 11) is 1.56. The van der Waals surface area contributed by atoms with Crippen LogP contribution in [0.15, 0.2) is 77.9 Å². The van der Waals surface area contributed by atoms with Crippen LogP contribution in [0.2, 0.25) is 0 Å². The van der Waals surface area contributed by atoms with Crippen molar-refractivity contribution < 1.29 is 19.1 Å². The van der Waals surface area contributed by atoms with E-state index in [9.17, 15) is 9.59 Å². The second-order valence-corrected chi connectivity index (χ2v) is 6.26. The van der Waals surface area contributed by atoms with Gasteiger partial charge in [0.25, 0.3) is 5.91 Å². The monoisotopic (exact) mass is 388 g/mol. The van der Waals surface area contributed by atoms with E-state index in [4.69, 9.17) is 9.47 Å². The van der Waals surface area contributed by atoms with Crippen LogP contribution in [0.1, 0.15) is 31.8 Å². The number of carbonyl (C=O) groups is 2. The molecule has 0 heterocycles. The Morgan fingerprint density at radius 2 is 1.59 bits per heavy atom. The number of carbonyl (C=O) groups excluding carboxylic acids is 2. The number of hydrogen-bond acceptors (Lipinski definition) is 5. The van der Waals surface area contributed by atoms with Gasteiger partial charge in [-0.2, -0.15) is 5.10 Å². The molecule has 6 nitrogen and oxygen atoms in total. The van der Waals surface area contributed by atoms with Crippen molar-refractivity contribution in [2.45, 2.75) is 6.92 Å². The molecule has 0 saturated heterocycles. The molecular formula is C23H20N2O4. The molecule has 1 amide bonds. The fourth-order valence-electron chi connectivity index (χ4n) is 2.49. The number of hydrazone groups is 1. The highest BCUT2D eigenvalue weighted by molar-refractivity contribution is 5.95. The fourth-order valence-corrected chi connectivity index (χ4v) is 2.49. The summed E-state index contributed by atoms with van der Waals surface area (Å²) in [5.74, 6) is 0.254. The Bertz CT molecular complexity index is 1030. The van der Waals surface area contributed by atoms with Crippen LogP contribution < -0.4 is 14.9 Å². The molecule has 0 aliphatic rings. The van der Waals surface area contributed by atoms with E-state index in [1.54, 1.807) is 67.8 Å². The van der Waals surface area contributed by atoms with E-state index in [0.29, 0.717) is 28.2 Å². The number of benzene rings is 3. The number of esters is 1. The minimum atomic E-state index is -0.477. The van der Waals surface area contributed by atoms with Gasteiger partial charge in [-0.05, 0) is 61.0 Å². The van der Waals surface area contributed by atoms with Crippen LogP contribution in [0.4, 0.5) is 0 Å². The van der Waals surface area contributed by atoms with Gasteiger partial charge in [0.15, 0.2) is 0 Å². The van der Waals surface area contributed by atoms with Crippen LogP contribution in [0, 0.1) is 6.92 Å². The second kappa shape index (κ2) is 9.32. The second-order valence-electron chi connectivity index (χ2n) is 6.26.